The topological polar surface area (TPSA) is 63.4 Å². The molecule has 3 rings (SSSR count). The molecule has 104 valence electrons. The molecule has 2 aliphatic rings. The number of benzene rings is 1. The Labute approximate surface area is 114 Å². The first kappa shape index (κ1) is 13.1. The van der Waals surface area contributed by atoms with E-state index < -0.39 is 10.0 Å². The number of nitrogens with zero attached hydrogens (tertiary/aromatic N) is 1. The fraction of sp³-hybridized carbons (Fsp3) is 0.571. The summed E-state index contributed by atoms with van der Waals surface area (Å²) in [5.41, 5.74) is 5.99. The van der Waals surface area contributed by atoms with Gasteiger partial charge in [-0.05, 0) is 43.2 Å². The monoisotopic (exact) mass is 280 g/mol. The highest BCUT2D eigenvalue weighted by Gasteiger charge is 2.41. The van der Waals surface area contributed by atoms with E-state index in [1.54, 1.807) is 28.6 Å². The van der Waals surface area contributed by atoms with Gasteiger partial charge in [-0.15, -0.1) is 0 Å². The number of rotatable bonds is 2. The zero-order chi connectivity index (χ0) is 13.5. The highest BCUT2D eigenvalue weighted by atomic mass is 32.2. The summed E-state index contributed by atoms with van der Waals surface area (Å²) in [4.78, 5) is 0.401. The first-order valence-electron chi connectivity index (χ1n) is 6.88. The number of hydrogen-bond donors (Lipinski definition) is 1. The van der Waals surface area contributed by atoms with Gasteiger partial charge in [-0.1, -0.05) is 18.2 Å². The molecule has 1 heterocycles. The van der Waals surface area contributed by atoms with Crippen molar-refractivity contribution in [3.63, 3.8) is 0 Å². The van der Waals surface area contributed by atoms with Crippen LogP contribution in [0.3, 0.4) is 0 Å². The standard InChI is InChI=1S/C14H20N2O2S/c15-13-7-6-11-9-16(10-12(11)8-13)19(17,18)14-4-2-1-3-5-14/h1-5,11-13H,6-10,15H2/t11-,12+,13?/m1/s1. The summed E-state index contributed by atoms with van der Waals surface area (Å²) >= 11 is 0. The van der Waals surface area contributed by atoms with Crippen molar-refractivity contribution in [3.8, 4) is 0 Å². The third-order valence-electron chi connectivity index (χ3n) is 4.44. The lowest BCUT2D eigenvalue weighted by Crippen LogP contribution is -2.32. The van der Waals surface area contributed by atoms with Crippen LogP contribution in [0, 0.1) is 11.8 Å². The van der Waals surface area contributed by atoms with E-state index in [9.17, 15) is 8.42 Å². The molecule has 1 aromatic rings. The molecule has 5 heteroatoms. The lowest BCUT2D eigenvalue weighted by atomic mass is 9.79. The van der Waals surface area contributed by atoms with Crippen LogP contribution in [-0.2, 0) is 10.0 Å². The van der Waals surface area contributed by atoms with E-state index in [2.05, 4.69) is 0 Å². The molecule has 0 bridgehead atoms. The quantitative estimate of drug-likeness (QED) is 0.891. The van der Waals surface area contributed by atoms with Crippen molar-refractivity contribution in [3.05, 3.63) is 30.3 Å². The van der Waals surface area contributed by atoms with Gasteiger partial charge in [-0.2, -0.15) is 4.31 Å². The summed E-state index contributed by atoms with van der Waals surface area (Å²) in [6.07, 6.45) is 3.05. The van der Waals surface area contributed by atoms with E-state index in [0.29, 0.717) is 29.8 Å². The van der Waals surface area contributed by atoms with Gasteiger partial charge in [0.15, 0.2) is 0 Å². The van der Waals surface area contributed by atoms with E-state index in [0.717, 1.165) is 19.3 Å². The van der Waals surface area contributed by atoms with Gasteiger partial charge in [0.25, 0.3) is 0 Å². The molecule has 19 heavy (non-hydrogen) atoms. The predicted molar refractivity (Wildman–Crippen MR) is 74.0 cm³/mol. The van der Waals surface area contributed by atoms with Gasteiger partial charge in [0, 0.05) is 19.1 Å². The zero-order valence-electron chi connectivity index (χ0n) is 10.9. The summed E-state index contributed by atoms with van der Waals surface area (Å²) in [5, 5.41) is 0. The first-order valence-corrected chi connectivity index (χ1v) is 8.32. The van der Waals surface area contributed by atoms with Crippen molar-refractivity contribution >= 4 is 10.0 Å². The molecule has 0 radical (unpaired) electrons. The molecule has 0 spiro atoms. The number of nitrogens with two attached hydrogens (primary N) is 1. The maximum atomic E-state index is 12.6. The molecule has 0 amide bonds. The molecule has 2 fully saturated rings. The van der Waals surface area contributed by atoms with Gasteiger partial charge in [-0.25, -0.2) is 8.42 Å². The maximum absolute atomic E-state index is 12.6. The summed E-state index contributed by atoms with van der Waals surface area (Å²) in [6.45, 7) is 1.30. The Balaban J connectivity index is 1.81. The maximum Gasteiger partial charge on any atom is 0.243 e. The molecule has 1 aliphatic heterocycles. The van der Waals surface area contributed by atoms with Crippen molar-refractivity contribution in [2.24, 2.45) is 17.6 Å². The Bertz CT molecular complexity index is 544. The molecule has 1 unspecified atom stereocenters. The van der Waals surface area contributed by atoms with Gasteiger partial charge in [0.2, 0.25) is 10.0 Å². The molecule has 0 aromatic heterocycles. The van der Waals surface area contributed by atoms with Crippen molar-refractivity contribution in [1.29, 1.82) is 0 Å². The van der Waals surface area contributed by atoms with Gasteiger partial charge < -0.3 is 5.73 Å². The third kappa shape index (κ3) is 2.42. The Morgan fingerprint density at radius 3 is 2.47 bits per heavy atom. The second-order valence-electron chi connectivity index (χ2n) is 5.73. The van der Waals surface area contributed by atoms with Gasteiger partial charge >= 0.3 is 0 Å². The molecule has 1 aliphatic carbocycles. The Kier molecular flexibility index (Phi) is 3.37. The van der Waals surface area contributed by atoms with E-state index in [4.69, 9.17) is 5.73 Å². The minimum atomic E-state index is -3.32. The molecule has 1 saturated heterocycles. The molecule has 1 aromatic carbocycles. The second-order valence-corrected chi connectivity index (χ2v) is 7.67. The lowest BCUT2D eigenvalue weighted by molar-refractivity contribution is 0.271. The summed E-state index contributed by atoms with van der Waals surface area (Å²) in [6, 6.07) is 8.96. The largest absolute Gasteiger partial charge is 0.328 e. The van der Waals surface area contributed by atoms with E-state index in [-0.39, 0.29) is 6.04 Å². The average Bonchev–Trinajstić information content (AvgIpc) is 2.83. The number of hydrogen-bond acceptors (Lipinski definition) is 3. The van der Waals surface area contributed by atoms with E-state index >= 15 is 0 Å². The molecular formula is C14H20N2O2S. The minimum absolute atomic E-state index is 0.251. The van der Waals surface area contributed by atoms with Crippen LogP contribution in [0.5, 0.6) is 0 Å². The van der Waals surface area contributed by atoms with Crippen molar-refractivity contribution in [2.75, 3.05) is 13.1 Å². The van der Waals surface area contributed by atoms with Crippen molar-refractivity contribution < 1.29 is 8.42 Å². The van der Waals surface area contributed by atoms with Crippen molar-refractivity contribution in [1.82, 2.24) is 4.31 Å². The van der Waals surface area contributed by atoms with Crippen LogP contribution in [0.15, 0.2) is 35.2 Å². The highest BCUT2D eigenvalue weighted by molar-refractivity contribution is 7.89. The predicted octanol–water partition coefficient (Wildman–Crippen LogP) is 1.43. The highest BCUT2D eigenvalue weighted by Crippen LogP contribution is 2.37. The van der Waals surface area contributed by atoms with Gasteiger partial charge in [0.1, 0.15) is 0 Å². The zero-order valence-corrected chi connectivity index (χ0v) is 11.7. The summed E-state index contributed by atoms with van der Waals surface area (Å²) in [7, 11) is -3.32. The van der Waals surface area contributed by atoms with Crippen LogP contribution < -0.4 is 5.73 Å². The smallest absolute Gasteiger partial charge is 0.243 e. The molecular weight excluding hydrogens is 260 g/mol. The number of fused-ring (bicyclic) bond motifs is 1. The van der Waals surface area contributed by atoms with Crippen LogP contribution in [0.2, 0.25) is 0 Å². The molecule has 2 N–H and O–H groups in total. The number of sulfonamides is 1. The van der Waals surface area contributed by atoms with Crippen LogP contribution in [0.25, 0.3) is 0 Å². The Hall–Kier alpha value is -0.910. The average molecular weight is 280 g/mol. The summed E-state index contributed by atoms with van der Waals surface area (Å²) in [5.74, 6) is 0.945. The first-order chi connectivity index (χ1) is 9.07. The fourth-order valence-electron chi connectivity index (χ4n) is 3.36. The minimum Gasteiger partial charge on any atom is -0.328 e. The van der Waals surface area contributed by atoms with E-state index in [1.165, 1.54) is 0 Å². The van der Waals surface area contributed by atoms with Crippen LogP contribution in [0.4, 0.5) is 0 Å². The fourth-order valence-corrected chi connectivity index (χ4v) is 4.94. The van der Waals surface area contributed by atoms with Crippen LogP contribution in [-0.4, -0.2) is 31.9 Å². The van der Waals surface area contributed by atoms with E-state index in [1.807, 2.05) is 6.07 Å². The van der Waals surface area contributed by atoms with Crippen LogP contribution in [0.1, 0.15) is 19.3 Å². The summed E-state index contributed by atoms with van der Waals surface area (Å²) < 4.78 is 26.8. The molecule has 4 nitrogen and oxygen atoms in total. The Morgan fingerprint density at radius 2 is 1.74 bits per heavy atom. The van der Waals surface area contributed by atoms with Crippen LogP contribution >= 0.6 is 0 Å². The van der Waals surface area contributed by atoms with Gasteiger partial charge in [0.05, 0.1) is 4.90 Å². The molecule has 3 atom stereocenters. The Morgan fingerprint density at radius 1 is 1.05 bits per heavy atom. The SMILES string of the molecule is NC1CC[C@@H]2CN(S(=O)(=O)c3ccccc3)C[C@@H]2C1. The third-order valence-corrected chi connectivity index (χ3v) is 6.28. The normalized spacial score (nSPS) is 32.2. The van der Waals surface area contributed by atoms with Gasteiger partial charge in [-0.3, -0.25) is 0 Å². The second kappa shape index (κ2) is 4.89. The lowest BCUT2D eigenvalue weighted by Gasteiger charge is -2.28. The van der Waals surface area contributed by atoms with Crippen molar-refractivity contribution in [2.45, 2.75) is 30.2 Å². The molecule has 1 saturated carbocycles.